The second kappa shape index (κ2) is 4.45. The molecule has 0 bridgehead atoms. The molecule has 0 radical (unpaired) electrons. The van der Waals surface area contributed by atoms with Gasteiger partial charge in [0.25, 0.3) is 5.92 Å². The van der Waals surface area contributed by atoms with Gasteiger partial charge in [0.1, 0.15) is 0 Å². The quantitative estimate of drug-likeness (QED) is 0.897. The Balaban J connectivity index is 1.90. The Hall–Kier alpha value is -1.69. The topological polar surface area (TPSA) is 58.0 Å². The van der Waals surface area contributed by atoms with Crippen LogP contribution in [-0.4, -0.2) is 18.1 Å². The number of rotatable bonds is 3. The van der Waals surface area contributed by atoms with Gasteiger partial charge >= 0.3 is 5.76 Å². The maximum atomic E-state index is 14.2. The number of aromatic amines is 1. The number of hydrogen-bond acceptors (Lipinski definition) is 3. The first-order valence-corrected chi connectivity index (χ1v) is 6.26. The van der Waals surface area contributed by atoms with Crippen LogP contribution in [0.25, 0.3) is 11.1 Å². The minimum absolute atomic E-state index is 0.0103. The third-order valence-corrected chi connectivity index (χ3v) is 3.55. The van der Waals surface area contributed by atoms with Gasteiger partial charge in [0.05, 0.1) is 5.52 Å². The van der Waals surface area contributed by atoms with Crippen LogP contribution >= 0.6 is 0 Å². The highest BCUT2D eigenvalue weighted by Gasteiger charge is 2.36. The fraction of sp³-hybridized carbons (Fsp3) is 0.462. The van der Waals surface area contributed by atoms with Gasteiger partial charge in [0.2, 0.25) is 0 Å². The maximum Gasteiger partial charge on any atom is 0.417 e. The lowest BCUT2D eigenvalue weighted by Crippen LogP contribution is -2.20. The molecule has 1 aliphatic rings. The highest BCUT2D eigenvalue weighted by molar-refractivity contribution is 5.72. The number of oxazole rings is 1. The molecular weight excluding hydrogens is 254 g/mol. The Kier molecular flexibility index (Phi) is 2.89. The van der Waals surface area contributed by atoms with E-state index >= 15 is 0 Å². The van der Waals surface area contributed by atoms with Crippen LogP contribution in [0.4, 0.5) is 8.78 Å². The van der Waals surface area contributed by atoms with Crippen molar-refractivity contribution in [2.24, 2.45) is 5.92 Å². The van der Waals surface area contributed by atoms with Crippen LogP contribution in [0.3, 0.4) is 0 Å². The zero-order chi connectivity index (χ0) is 13.5. The number of aromatic nitrogens is 1. The van der Waals surface area contributed by atoms with E-state index in [0.29, 0.717) is 12.1 Å². The lowest BCUT2D eigenvalue weighted by atomic mass is 9.95. The summed E-state index contributed by atoms with van der Waals surface area (Å²) in [6, 6.07) is 4.04. The first-order valence-electron chi connectivity index (χ1n) is 6.26. The van der Waals surface area contributed by atoms with Gasteiger partial charge in [0, 0.05) is 12.0 Å². The zero-order valence-corrected chi connectivity index (χ0v) is 10.2. The van der Waals surface area contributed by atoms with Crippen molar-refractivity contribution in [3.63, 3.8) is 0 Å². The van der Waals surface area contributed by atoms with Crippen LogP contribution in [0.15, 0.2) is 27.4 Å². The molecule has 0 aliphatic carbocycles. The highest BCUT2D eigenvalue weighted by atomic mass is 19.3. The van der Waals surface area contributed by atoms with E-state index in [-0.39, 0.29) is 23.5 Å². The molecule has 0 spiro atoms. The third kappa shape index (κ3) is 2.40. The number of benzene rings is 1. The van der Waals surface area contributed by atoms with E-state index in [1.54, 1.807) is 0 Å². The normalized spacial score (nSPS) is 20.2. The molecule has 1 unspecified atom stereocenters. The van der Waals surface area contributed by atoms with Crippen molar-refractivity contribution in [3.8, 4) is 0 Å². The Labute approximate surface area is 107 Å². The average molecular weight is 268 g/mol. The second-order valence-electron chi connectivity index (χ2n) is 4.99. The van der Waals surface area contributed by atoms with Crippen LogP contribution in [0.5, 0.6) is 0 Å². The van der Waals surface area contributed by atoms with Crippen molar-refractivity contribution in [3.05, 3.63) is 34.3 Å². The molecule has 1 aromatic heterocycles. The van der Waals surface area contributed by atoms with Gasteiger partial charge in [-0.05, 0) is 37.6 Å². The summed E-state index contributed by atoms with van der Waals surface area (Å²) in [6.07, 6.45) is 0.594. The molecule has 1 aromatic carbocycles. The standard InChI is InChI=1S/C13H14F2N2O2/c14-13(15,6-8-3-4-16-7-8)9-1-2-10-11(5-9)19-12(18)17-10/h1-2,5,8,16H,3-4,6-7H2,(H,17,18). The predicted molar refractivity (Wildman–Crippen MR) is 66.3 cm³/mol. The van der Waals surface area contributed by atoms with E-state index in [4.69, 9.17) is 4.42 Å². The molecule has 1 aliphatic heterocycles. The summed E-state index contributed by atoms with van der Waals surface area (Å²) >= 11 is 0. The number of nitrogens with one attached hydrogen (secondary N) is 2. The number of halogens is 2. The van der Waals surface area contributed by atoms with E-state index in [0.717, 1.165) is 13.0 Å². The lowest BCUT2D eigenvalue weighted by molar-refractivity contribution is -0.0267. The Morgan fingerprint density at radius 2 is 2.26 bits per heavy atom. The van der Waals surface area contributed by atoms with Crippen molar-refractivity contribution < 1.29 is 13.2 Å². The summed E-state index contributed by atoms with van der Waals surface area (Å²) in [7, 11) is 0. The molecule has 3 rings (SSSR count). The molecular formula is C13H14F2N2O2. The second-order valence-corrected chi connectivity index (χ2v) is 4.99. The van der Waals surface area contributed by atoms with Crippen molar-refractivity contribution in [1.82, 2.24) is 10.3 Å². The largest absolute Gasteiger partial charge is 0.417 e. The molecule has 102 valence electrons. The average Bonchev–Trinajstić information content (AvgIpc) is 2.95. The van der Waals surface area contributed by atoms with Gasteiger partial charge in [-0.3, -0.25) is 4.98 Å². The smallest absolute Gasteiger partial charge is 0.408 e. The van der Waals surface area contributed by atoms with E-state index in [2.05, 4.69) is 10.3 Å². The molecule has 2 N–H and O–H groups in total. The van der Waals surface area contributed by atoms with Crippen LogP contribution in [0.2, 0.25) is 0 Å². The first kappa shape index (κ1) is 12.3. The third-order valence-electron chi connectivity index (χ3n) is 3.55. The number of H-pyrrole nitrogens is 1. The number of fused-ring (bicyclic) bond motifs is 1. The van der Waals surface area contributed by atoms with Gasteiger partial charge in [-0.1, -0.05) is 6.07 Å². The molecule has 1 fully saturated rings. The van der Waals surface area contributed by atoms with Gasteiger partial charge in [-0.25, -0.2) is 13.6 Å². The molecule has 0 amide bonds. The van der Waals surface area contributed by atoms with Crippen molar-refractivity contribution in [2.75, 3.05) is 13.1 Å². The van der Waals surface area contributed by atoms with Crippen molar-refractivity contribution >= 4 is 11.1 Å². The Morgan fingerprint density at radius 1 is 1.42 bits per heavy atom. The van der Waals surface area contributed by atoms with Crippen LogP contribution in [0.1, 0.15) is 18.4 Å². The van der Waals surface area contributed by atoms with Crippen molar-refractivity contribution in [1.29, 1.82) is 0 Å². The minimum atomic E-state index is -2.90. The van der Waals surface area contributed by atoms with E-state index in [1.165, 1.54) is 18.2 Å². The van der Waals surface area contributed by atoms with Gasteiger partial charge in [-0.15, -0.1) is 0 Å². The summed E-state index contributed by atoms with van der Waals surface area (Å²) < 4.78 is 33.2. The van der Waals surface area contributed by atoms with Gasteiger partial charge in [-0.2, -0.15) is 0 Å². The Morgan fingerprint density at radius 3 is 3.00 bits per heavy atom. The molecule has 2 heterocycles. The predicted octanol–water partition coefficient (Wildman–Crippen LogP) is 2.21. The van der Waals surface area contributed by atoms with E-state index in [9.17, 15) is 13.6 Å². The van der Waals surface area contributed by atoms with E-state index in [1.807, 2.05) is 0 Å². The van der Waals surface area contributed by atoms with Gasteiger partial charge in [0.15, 0.2) is 5.58 Å². The van der Waals surface area contributed by atoms with Crippen LogP contribution in [0, 0.1) is 5.92 Å². The molecule has 4 nitrogen and oxygen atoms in total. The Bertz CT molecular complexity index is 641. The summed E-state index contributed by atoms with van der Waals surface area (Å²) in [5.41, 5.74) is 0.508. The maximum absolute atomic E-state index is 14.2. The molecule has 2 aromatic rings. The van der Waals surface area contributed by atoms with Crippen LogP contribution < -0.4 is 11.1 Å². The van der Waals surface area contributed by atoms with Crippen molar-refractivity contribution in [2.45, 2.75) is 18.8 Å². The number of hydrogen-bond donors (Lipinski definition) is 2. The fourth-order valence-corrected chi connectivity index (χ4v) is 2.54. The zero-order valence-electron chi connectivity index (χ0n) is 10.2. The highest BCUT2D eigenvalue weighted by Crippen LogP contribution is 2.37. The first-order chi connectivity index (χ1) is 9.04. The minimum Gasteiger partial charge on any atom is -0.408 e. The monoisotopic (exact) mass is 268 g/mol. The SMILES string of the molecule is O=c1[nH]c2ccc(C(F)(F)CC3CCNC3)cc2o1. The van der Waals surface area contributed by atoms with Gasteiger partial charge < -0.3 is 9.73 Å². The van der Waals surface area contributed by atoms with Crippen LogP contribution in [-0.2, 0) is 5.92 Å². The molecule has 6 heteroatoms. The molecule has 1 saturated heterocycles. The summed E-state index contributed by atoms with van der Waals surface area (Å²) in [5, 5.41) is 3.08. The lowest BCUT2D eigenvalue weighted by Gasteiger charge is -2.20. The fourth-order valence-electron chi connectivity index (χ4n) is 2.54. The number of alkyl halides is 2. The molecule has 19 heavy (non-hydrogen) atoms. The summed E-state index contributed by atoms with van der Waals surface area (Å²) in [4.78, 5) is 13.4. The molecule has 0 saturated carbocycles. The van der Waals surface area contributed by atoms with E-state index < -0.39 is 11.7 Å². The summed E-state index contributed by atoms with van der Waals surface area (Å²) in [6.45, 7) is 1.43. The molecule has 1 atom stereocenters. The summed E-state index contributed by atoms with van der Waals surface area (Å²) in [5.74, 6) is -3.54.